The Morgan fingerprint density at radius 1 is 1.32 bits per heavy atom. The molecular formula is C20H34IN3O4. The topological polar surface area (TPSA) is 96.1 Å². The first kappa shape index (κ1) is 24.7. The number of furan rings is 1. The minimum absolute atomic E-state index is 0. The zero-order valence-corrected chi connectivity index (χ0v) is 19.5. The van der Waals surface area contributed by atoms with E-state index in [2.05, 4.69) is 15.6 Å². The Labute approximate surface area is 184 Å². The third kappa shape index (κ3) is 6.95. The lowest BCUT2D eigenvalue weighted by atomic mass is 9.72. The molecule has 1 aromatic rings. The van der Waals surface area contributed by atoms with Gasteiger partial charge in [-0.25, -0.2) is 9.79 Å². The molecule has 1 aromatic heterocycles. The Morgan fingerprint density at radius 2 is 2.04 bits per heavy atom. The predicted octanol–water partition coefficient (Wildman–Crippen LogP) is 3.38. The van der Waals surface area contributed by atoms with E-state index in [1.54, 1.807) is 13.0 Å². The molecule has 8 heteroatoms. The van der Waals surface area contributed by atoms with E-state index in [9.17, 15) is 9.90 Å². The van der Waals surface area contributed by atoms with Crippen LogP contribution in [0.4, 0.5) is 0 Å². The fourth-order valence-electron chi connectivity index (χ4n) is 3.76. The van der Waals surface area contributed by atoms with Gasteiger partial charge in [0, 0.05) is 19.7 Å². The summed E-state index contributed by atoms with van der Waals surface area (Å²) in [5, 5.41) is 16.2. The van der Waals surface area contributed by atoms with Gasteiger partial charge in [-0.05, 0) is 44.6 Å². The summed E-state index contributed by atoms with van der Waals surface area (Å²) in [4.78, 5) is 16.3. The molecule has 0 unspecified atom stereocenters. The molecule has 0 saturated heterocycles. The van der Waals surface area contributed by atoms with Crippen LogP contribution in [0.3, 0.4) is 0 Å². The normalized spacial score (nSPS) is 16.2. The lowest BCUT2D eigenvalue weighted by molar-refractivity contribution is 0.0598. The lowest BCUT2D eigenvalue weighted by Gasteiger charge is -2.37. The highest BCUT2D eigenvalue weighted by molar-refractivity contribution is 14.0. The van der Waals surface area contributed by atoms with E-state index >= 15 is 0 Å². The average Bonchev–Trinajstić information content (AvgIpc) is 3.05. The maximum absolute atomic E-state index is 11.7. The second-order valence-electron chi connectivity index (χ2n) is 7.26. The number of esters is 1. The van der Waals surface area contributed by atoms with Gasteiger partial charge in [-0.15, -0.1) is 24.0 Å². The fourth-order valence-corrected chi connectivity index (χ4v) is 3.76. The van der Waals surface area contributed by atoms with Gasteiger partial charge in [-0.3, -0.25) is 0 Å². The summed E-state index contributed by atoms with van der Waals surface area (Å²) in [6, 6.07) is 1.68. The van der Waals surface area contributed by atoms with Crippen LogP contribution in [0.2, 0.25) is 0 Å². The Morgan fingerprint density at radius 3 is 2.64 bits per heavy atom. The number of halogens is 1. The van der Waals surface area contributed by atoms with Crippen LogP contribution in [-0.2, 0) is 11.3 Å². The number of rotatable bonds is 8. The minimum Gasteiger partial charge on any atom is -0.465 e. The number of carbonyl (C=O) groups is 1. The molecule has 2 rings (SSSR count). The smallest absolute Gasteiger partial charge is 0.341 e. The molecule has 28 heavy (non-hydrogen) atoms. The number of carbonyl (C=O) groups excluding carboxylic acids is 1. The van der Waals surface area contributed by atoms with Gasteiger partial charge in [0.05, 0.1) is 7.11 Å². The molecule has 1 fully saturated rings. The van der Waals surface area contributed by atoms with E-state index in [0.29, 0.717) is 29.6 Å². The van der Waals surface area contributed by atoms with Gasteiger partial charge in [0.25, 0.3) is 0 Å². The third-order valence-electron chi connectivity index (χ3n) is 5.30. The van der Waals surface area contributed by atoms with Crippen molar-refractivity contribution in [2.75, 3.05) is 26.8 Å². The molecule has 3 N–H and O–H groups in total. The number of aliphatic hydroxyl groups excluding tert-OH is 1. The molecule has 0 aromatic carbocycles. The SMILES string of the molecule is CCNC(=NCc1cc(C(=O)OC)c(C)o1)NCC1(CCO)CCCCC1.I. The van der Waals surface area contributed by atoms with Gasteiger partial charge in [-0.1, -0.05) is 19.3 Å². The Kier molecular flexibility index (Phi) is 10.9. The van der Waals surface area contributed by atoms with Gasteiger partial charge < -0.3 is 24.9 Å². The van der Waals surface area contributed by atoms with E-state index in [4.69, 9.17) is 9.15 Å². The summed E-state index contributed by atoms with van der Waals surface area (Å²) in [5.41, 5.74) is 0.576. The predicted molar refractivity (Wildman–Crippen MR) is 120 cm³/mol. The molecule has 0 atom stereocenters. The largest absolute Gasteiger partial charge is 0.465 e. The molecule has 1 aliphatic carbocycles. The quantitative estimate of drug-likeness (QED) is 0.216. The summed E-state index contributed by atoms with van der Waals surface area (Å²) in [5.74, 6) is 1.47. The maximum Gasteiger partial charge on any atom is 0.341 e. The highest BCUT2D eigenvalue weighted by atomic mass is 127. The first-order valence-electron chi connectivity index (χ1n) is 9.84. The van der Waals surface area contributed by atoms with Crippen molar-refractivity contribution in [3.8, 4) is 0 Å². The van der Waals surface area contributed by atoms with Crippen molar-refractivity contribution < 1.29 is 19.1 Å². The monoisotopic (exact) mass is 507 g/mol. The summed E-state index contributed by atoms with van der Waals surface area (Å²) >= 11 is 0. The summed E-state index contributed by atoms with van der Waals surface area (Å²) in [7, 11) is 1.35. The standard InChI is InChI=1S/C20H33N3O4.HI/c1-4-21-19(23-14-20(10-11-24)8-6-5-7-9-20)22-13-16-12-17(15(2)27-16)18(25)26-3;/h12,24H,4-11,13-14H2,1-3H3,(H2,21,22,23);1H. The number of aliphatic imine (C=N–C) groups is 1. The van der Waals surface area contributed by atoms with Crippen molar-refractivity contribution in [3.63, 3.8) is 0 Å². The van der Waals surface area contributed by atoms with Crippen LogP contribution in [-0.4, -0.2) is 43.8 Å². The van der Waals surface area contributed by atoms with Crippen molar-refractivity contribution >= 4 is 35.9 Å². The Bertz CT molecular complexity index is 634. The first-order valence-corrected chi connectivity index (χ1v) is 9.84. The second kappa shape index (κ2) is 12.3. The lowest BCUT2D eigenvalue weighted by Crippen LogP contribution is -2.44. The molecule has 1 heterocycles. The van der Waals surface area contributed by atoms with Crippen LogP contribution >= 0.6 is 24.0 Å². The Balaban J connectivity index is 0.00000392. The van der Waals surface area contributed by atoms with E-state index < -0.39 is 5.97 Å². The molecule has 0 aliphatic heterocycles. The van der Waals surface area contributed by atoms with Crippen LogP contribution < -0.4 is 10.6 Å². The van der Waals surface area contributed by atoms with Crippen molar-refractivity contribution in [2.45, 2.75) is 58.9 Å². The van der Waals surface area contributed by atoms with Crippen LogP contribution in [0.1, 0.15) is 67.3 Å². The Hall–Kier alpha value is -1.29. The van der Waals surface area contributed by atoms with Crippen LogP contribution in [0.15, 0.2) is 15.5 Å². The van der Waals surface area contributed by atoms with Gasteiger partial charge in [0.1, 0.15) is 23.6 Å². The number of aliphatic hydroxyl groups is 1. The van der Waals surface area contributed by atoms with Gasteiger partial charge in [-0.2, -0.15) is 0 Å². The van der Waals surface area contributed by atoms with Gasteiger partial charge >= 0.3 is 5.97 Å². The van der Waals surface area contributed by atoms with Gasteiger partial charge in [0.2, 0.25) is 0 Å². The summed E-state index contributed by atoms with van der Waals surface area (Å²) in [6.07, 6.45) is 6.81. The number of nitrogens with one attached hydrogen (secondary N) is 2. The van der Waals surface area contributed by atoms with Crippen molar-refractivity contribution in [2.24, 2.45) is 10.4 Å². The number of hydrogen-bond donors (Lipinski definition) is 3. The molecule has 0 radical (unpaired) electrons. The molecule has 1 saturated carbocycles. The zero-order chi connectivity index (χ0) is 19.7. The summed E-state index contributed by atoms with van der Waals surface area (Å²) < 4.78 is 10.4. The number of aryl methyl sites for hydroxylation is 1. The van der Waals surface area contributed by atoms with E-state index in [0.717, 1.165) is 32.4 Å². The zero-order valence-electron chi connectivity index (χ0n) is 17.2. The number of ether oxygens (including phenoxy) is 1. The molecule has 0 bridgehead atoms. The van der Waals surface area contributed by atoms with Crippen LogP contribution in [0.25, 0.3) is 0 Å². The molecule has 160 valence electrons. The first-order chi connectivity index (χ1) is 13.0. The second-order valence-corrected chi connectivity index (χ2v) is 7.26. The van der Waals surface area contributed by atoms with E-state index in [-0.39, 0.29) is 36.0 Å². The van der Waals surface area contributed by atoms with Crippen molar-refractivity contribution in [1.82, 2.24) is 10.6 Å². The molecule has 0 amide bonds. The van der Waals surface area contributed by atoms with E-state index in [1.165, 1.54) is 26.4 Å². The van der Waals surface area contributed by atoms with Crippen molar-refractivity contribution in [3.05, 3.63) is 23.2 Å². The number of nitrogens with zero attached hydrogens (tertiary/aromatic N) is 1. The number of guanidine groups is 1. The molecule has 0 spiro atoms. The summed E-state index contributed by atoms with van der Waals surface area (Å²) in [6.45, 7) is 5.86. The van der Waals surface area contributed by atoms with E-state index in [1.807, 2.05) is 6.92 Å². The highest BCUT2D eigenvalue weighted by Gasteiger charge is 2.31. The van der Waals surface area contributed by atoms with Crippen LogP contribution in [0, 0.1) is 12.3 Å². The number of methoxy groups -OCH3 is 1. The van der Waals surface area contributed by atoms with Gasteiger partial charge in [0.15, 0.2) is 5.96 Å². The molecule has 7 nitrogen and oxygen atoms in total. The minimum atomic E-state index is -0.403. The third-order valence-corrected chi connectivity index (χ3v) is 5.30. The highest BCUT2D eigenvalue weighted by Crippen LogP contribution is 2.38. The number of hydrogen-bond acceptors (Lipinski definition) is 5. The average molecular weight is 507 g/mol. The van der Waals surface area contributed by atoms with Crippen LogP contribution in [0.5, 0.6) is 0 Å². The maximum atomic E-state index is 11.7. The molecule has 1 aliphatic rings. The van der Waals surface area contributed by atoms with Crippen molar-refractivity contribution in [1.29, 1.82) is 0 Å². The molecular weight excluding hydrogens is 473 g/mol. The fraction of sp³-hybridized carbons (Fsp3) is 0.700.